The van der Waals surface area contributed by atoms with Crippen molar-refractivity contribution in [3.8, 4) is 11.1 Å². The fraction of sp³-hybridized carbons (Fsp3) is 0.318. The van der Waals surface area contributed by atoms with Gasteiger partial charge >= 0.3 is 5.97 Å². The number of amides is 2. The average Bonchev–Trinajstić information content (AvgIpc) is 3.31. The molecule has 1 heterocycles. The molecule has 3 N–H and O–H groups in total. The number of carboxylic acid groups (broad SMARTS) is 1. The van der Waals surface area contributed by atoms with Crippen LogP contribution in [0, 0.1) is 4.78 Å². The van der Waals surface area contributed by atoms with Gasteiger partial charge in [0.25, 0.3) is 11.8 Å². The van der Waals surface area contributed by atoms with Crippen LogP contribution in [0.2, 0.25) is 0 Å². The first-order chi connectivity index (χ1) is 15.4. The van der Waals surface area contributed by atoms with E-state index in [1.54, 1.807) is 12.1 Å². The molecular weight excluding hydrogens is 456 g/mol. The first-order valence-electron chi connectivity index (χ1n) is 10.1. The van der Waals surface area contributed by atoms with E-state index in [9.17, 15) is 32.5 Å². The number of alkyl halides is 2. The average molecular weight is 477 g/mol. The van der Waals surface area contributed by atoms with Gasteiger partial charge in [0.05, 0.1) is 11.8 Å². The summed E-state index contributed by atoms with van der Waals surface area (Å²) in [5, 5.41) is 11.0. The van der Waals surface area contributed by atoms with E-state index < -0.39 is 51.3 Å². The zero-order valence-electron chi connectivity index (χ0n) is 17.5. The number of rotatable bonds is 5. The third kappa shape index (κ3) is 3.97. The van der Waals surface area contributed by atoms with E-state index in [1.165, 1.54) is 36.6 Å². The van der Waals surface area contributed by atoms with Crippen LogP contribution in [-0.4, -0.2) is 62.6 Å². The highest BCUT2D eigenvalue weighted by Gasteiger charge is 2.44. The van der Waals surface area contributed by atoms with Gasteiger partial charge in [-0.1, -0.05) is 30.3 Å². The zero-order valence-corrected chi connectivity index (χ0v) is 18.3. The lowest BCUT2D eigenvalue weighted by molar-refractivity contribution is -0.147. The van der Waals surface area contributed by atoms with Gasteiger partial charge in [-0.25, -0.2) is 9.00 Å². The van der Waals surface area contributed by atoms with Gasteiger partial charge in [-0.3, -0.25) is 14.4 Å². The molecule has 4 rings (SSSR count). The quantitative estimate of drug-likeness (QED) is 0.609. The number of aliphatic carboxylic acids is 1. The summed E-state index contributed by atoms with van der Waals surface area (Å²) in [5.41, 5.74) is 0.288. The monoisotopic (exact) mass is 477 g/mol. The topological polar surface area (TPSA) is 128 Å². The van der Waals surface area contributed by atoms with Crippen molar-refractivity contribution >= 4 is 27.5 Å². The first-order valence-corrected chi connectivity index (χ1v) is 12.1. The second-order valence-corrected chi connectivity index (χ2v) is 10.7. The van der Waals surface area contributed by atoms with Crippen LogP contribution in [0.25, 0.3) is 11.1 Å². The molecule has 1 aliphatic carbocycles. The number of hydrogen-bond donors (Lipinski definition) is 3. The molecule has 1 fully saturated rings. The van der Waals surface area contributed by atoms with Crippen LogP contribution in [0.4, 0.5) is 8.78 Å². The summed E-state index contributed by atoms with van der Waals surface area (Å²) in [6.07, 6.45) is 1.09. The standard InChI is InChI=1S/C22H21F2N3O5S/c1-33(25,32)13-9-18(21(30)31)27(11-13)19(28)10-26-20(29)12-6-7-17-15(8-12)14-4-2-3-5-16(14)22(17,23)24/h2-8,13,18,25H,9-11H2,1H3,(H,26,29)(H,30,31)/t13-,18+,33+/m1/s1. The predicted octanol–water partition coefficient (Wildman–Crippen LogP) is 2.27. The highest BCUT2D eigenvalue weighted by molar-refractivity contribution is 7.92. The van der Waals surface area contributed by atoms with E-state index in [0.717, 1.165) is 4.90 Å². The van der Waals surface area contributed by atoms with Gasteiger partial charge in [-0.05, 0) is 29.7 Å². The van der Waals surface area contributed by atoms with Crippen molar-refractivity contribution in [2.75, 3.05) is 19.3 Å². The molecule has 2 aliphatic rings. The first kappa shape index (κ1) is 22.8. The van der Waals surface area contributed by atoms with Crippen LogP contribution in [0.5, 0.6) is 0 Å². The Hall–Kier alpha value is -3.34. The summed E-state index contributed by atoms with van der Waals surface area (Å²) in [5.74, 6) is -5.83. The number of nitrogens with one attached hydrogen (secondary N) is 2. The Kier molecular flexibility index (Phi) is 5.47. The number of carbonyl (C=O) groups excluding carboxylic acids is 2. The van der Waals surface area contributed by atoms with Crippen molar-refractivity contribution in [2.24, 2.45) is 0 Å². The molecule has 8 nitrogen and oxygen atoms in total. The van der Waals surface area contributed by atoms with Crippen molar-refractivity contribution in [1.29, 1.82) is 4.78 Å². The molecule has 1 saturated heterocycles. The Morgan fingerprint density at radius 3 is 2.52 bits per heavy atom. The van der Waals surface area contributed by atoms with E-state index in [1.807, 2.05) is 0 Å². The summed E-state index contributed by atoms with van der Waals surface area (Å²) in [6.45, 7) is -0.683. The number of benzene rings is 2. The molecular formula is C22H21F2N3O5S. The largest absolute Gasteiger partial charge is 0.480 e. The maximum atomic E-state index is 14.7. The van der Waals surface area contributed by atoms with E-state index in [4.69, 9.17) is 4.78 Å². The summed E-state index contributed by atoms with van der Waals surface area (Å²) in [6, 6.07) is 8.57. The second-order valence-electron chi connectivity index (χ2n) is 8.22. The van der Waals surface area contributed by atoms with Crippen LogP contribution >= 0.6 is 0 Å². The third-order valence-corrected chi connectivity index (χ3v) is 7.69. The smallest absolute Gasteiger partial charge is 0.326 e. The number of nitrogens with zero attached hydrogens (tertiary/aromatic N) is 1. The SMILES string of the molecule is C[S@](=N)(=O)[C@@H]1C[C@@H](C(=O)O)N(C(=O)CNC(=O)c2ccc3c(c2)-c2ccccc2C3(F)F)C1. The maximum absolute atomic E-state index is 14.7. The molecule has 1 aliphatic heterocycles. The zero-order chi connectivity index (χ0) is 24.1. The lowest BCUT2D eigenvalue weighted by Crippen LogP contribution is -2.45. The lowest BCUT2D eigenvalue weighted by Gasteiger charge is -2.21. The fourth-order valence-corrected chi connectivity index (χ4v) is 5.31. The number of halogens is 2. The molecule has 0 aromatic heterocycles. The molecule has 33 heavy (non-hydrogen) atoms. The highest BCUT2D eigenvalue weighted by atomic mass is 32.2. The van der Waals surface area contributed by atoms with E-state index in [0.29, 0.717) is 5.56 Å². The Labute approximate surface area is 188 Å². The number of carbonyl (C=O) groups is 3. The summed E-state index contributed by atoms with van der Waals surface area (Å²) in [7, 11) is -3.06. The highest BCUT2D eigenvalue weighted by Crippen LogP contribution is 2.50. The van der Waals surface area contributed by atoms with Gasteiger partial charge in [0.1, 0.15) is 6.04 Å². The number of carboxylic acids is 1. The van der Waals surface area contributed by atoms with Gasteiger partial charge in [0.2, 0.25) is 5.91 Å². The van der Waals surface area contributed by atoms with E-state index in [-0.39, 0.29) is 35.2 Å². The maximum Gasteiger partial charge on any atom is 0.326 e. The van der Waals surface area contributed by atoms with Crippen LogP contribution in [0.15, 0.2) is 42.5 Å². The summed E-state index contributed by atoms with van der Waals surface area (Å²) >= 11 is 0. The van der Waals surface area contributed by atoms with Crippen molar-refractivity contribution in [3.05, 3.63) is 59.2 Å². The summed E-state index contributed by atoms with van der Waals surface area (Å²) in [4.78, 5) is 37.7. The number of likely N-dealkylation sites (tertiary alicyclic amines) is 1. The van der Waals surface area contributed by atoms with Crippen molar-refractivity contribution in [1.82, 2.24) is 10.2 Å². The number of fused-ring (bicyclic) bond motifs is 3. The Bertz CT molecular complexity index is 1280. The number of hydrogen-bond acceptors (Lipinski definition) is 5. The Morgan fingerprint density at radius 1 is 1.18 bits per heavy atom. The third-order valence-electron chi connectivity index (χ3n) is 6.08. The van der Waals surface area contributed by atoms with Crippen LogP contribution in [-0.2, 0) is 25.2 Å². The van der Waals surface area contributed by atoms with Crippen molar-refractivity contribution < 1.29 is 32.5 Å². The van der Waals surface area contributed by atoms with Gasteiger partial charge < -0.3 is 15.3 Å². The van der Waals surface area contributed by atoms with Crippen LogP contribution in [0.1, 0.15) is 27.9 Å². The predicted molar refractivity (Wildman–Crippen MR) is 116 cm³/mol. The lowest BCUT2D eigenvalue weighted by atomic mass is 10.0. The molecule has 0 saturated carbocycles. The minimum absolute atomic E-state index is 0.0749. The van der Waals surface area contributed by atoms with Gasteiger partial charge in [0, 0.05) is 39.2 Å². The fourth-order valence-electron chi connectivity index (χ4n) is 4.31. The minimum atomic E-state index is -3.18. The van der Waals surface area contributed by atoms with Crippen molar-refractivity contribution in [2.45, 2.75) is 23.6 Å². The van der Waals surface area contributed by atoms with E-state index in [2.05, 4.69) is 5.32 Å². The van der Waals surface area contributed by atoms with Crippen LogP contribution < -0.4 is 5.32 Å². The minimum Gasteiger partial charge on any atom is -0.480 e. The molecule has 0 spiro atoms. The normalized spacial score (nSPS) is 22.2. The Morgan fingerprint density at radius 2 is 1.85 bits per heavy atom. The van der Waals surface area contributed by atoms with Gasteiger partial charge in [0.15, 0.2) is 0 Å². The molecule has 2 aromatic rings. The van der Waals surface area contributed by atoms with Crippen molar-refractivity contribution in [3.63, 3.8) is 0 Å². The molecule has 2 aromatic carbocycles. The molecule has 2 amide bonds. The molecule has 0 radical (unpaired) electrons. The molecule has 174 valence electrons. The van der Waals surface area contributed by atoms with Gasteiger partial charge in [-0.2, -0.15) is 8.78 Å². The summed E-state index contributed by atoms with van der Waals surface area (Å²) < 4.78 is 49.1. The van der Waals surface area contributed by atoms with E-state index >= 15 is 0 Å². The molecule has 11 heteroatoms. The Balaban J connectivity index is 1.49. The van der Waals surface area contributed by atoms with Crippen LogP contribution in [0.3, 0.4) is 0 Å². The molecule has 3 atom stereocenters. The van der Waals surface area contributed by atoms with Gasteiger partial charge in [-0.15, -0.1) is 0 Å². The molecule has 0 unspecified atom stereocenters. The second kappa shape index (κ2) is 7.91. The molecule has 0 bridgehead atoms.